The highest BCUT2D eigenvalue weighted by atomic mass is 35.5. The first-order valence-corrected chi connectivity index (χ1v) is 7.29. The van der Waals surface area contributed by atoms with E-state index < -0.39 is 0 Å². The molecule has 0 amide bonds. The standard InChI is InChI=1S/C16H17ClO3/c1-19-15(18)7-2-4-10-8-11(17)9-13-12-5-3-6-14(12)20-16(10)13/h3,5,8-9,12,14H,2,4,6-7H2,1H3. The van der Waals surface area contributed by atoms with E-state index in [1.54, 1.807) is 0 Å². The molecule has 20 heavy (non-hydrogen) atoms. The summed E-state index contributed by atoms with van der Waals surface area (Å²) >= 11 is 6.22. The molecule has 0 spiro atoms. The Morgan fingerprint density at radius 2 is 2.35 bits per heavy atom. The van der Waals surface area contributed by atoms with Crippen molar-refractivity contribution < 1.29 is 14.3 Å². The highest BCUT2D eigenvalue weighted by molar-refractivity contribution is 6.30. The molecule has 106 valence electrons. The van der Waals surface area contributed by atoms with Gasteiger partial charge < -0.3 is 9.47 Å². The zero-order valence-electron chi connectivity index (χ0n) is 11.4. The van der Waals surface area contributed by atoms with E-state index in [0.717, 1.165) is 35.6 Å². The molecule has 2 atom stereocenters. The molecule has 3 rings (SSSR count). The van der Waals surface area contributed by atoms with Crippen molar-refractivity contribution in [1.82, 2.24) is 0 Å². The molecule has 0 saturated heterocycles. The highest BCUT2D eigenvalue weighted by Crippen LogP contribution is 2.46. The van der Waals surface area contributed by atoms with Gasteiger partial charge in [0.25, 0.3) is 0 Å². The summed E-state index contributed by atoms with van der Waals surface area (Å²) in [4.78, 5) is 11.2. The van der Waals surface area contributed by atoms with Gasteiger partial charge in [0.15, 0.2) is 0 Å². The number of rotatable bonds is 4. The van der Waals surface area contributed by atoms with Crippen LogP contribution in [0.4, 0.5) is 0 Å². The number of methoxy groups -OCH3 is 1. The van der Waals surface area contributed by atoms with E-state index in [1.807, 2.05) is 12.1 Å². The number of hydrogen-bond donors (Lipinski definition) is 0. The Kier molecular flexibility index (Phi) is 3.70. The van der Waals surface area contributed by atoms with E-state index in [9.17, 15) is 4.79 Å². The van der Waals surface area contributed by atoms with Crippen molar-refractivity contribution in [2.75, 3.05) is 7.11 Å². The quantitative estimate of drug-likeness (QED) is 0.628. The summed E-state index contributed by atoms with van der Waals surface area (Å²) in [5, 5.41) is 0.737. The van der Waals surface area contributed by atoms with Crippen LogP contribution in [0.2, 0.25) is 5.02 Å². The molecule has 0 radical (unpaired) electrons. The predicted molar refractivity (Wildman–Crippen MR) is 77.3 cm³/mol. The van der Waals surface area contributed by atoms with Crippen LogP contribution in [-0.2, 0) is 16.0 Å². The maximum Gasteiger partial charge on any atom is 0.305 e. The predicted octanol–water partition coefficient (Wildman–Crippen LogP) is 3.64. The molecule has 0 N–H and O–H groups in total. The summed E-state index contributed by atoms with van der Waals surface area (Å²) in [5.74, 6) is 1.13. The smallest absolute Gasteiger partial charge is 0.305 e. The Morgan fingerprint density at radius 3 is 3.15 bits per heavy atom. The van der Waals surface area contributed by atoms with Gasteiger partial charge in [0.1, 0.15) is 11.9 Å². The van der Waals surface area contributed by atoms with E-state index in [2.05, 4.69) is 16.9 Å². The molecule has 0 fully saturated rings. The number of esters is 1. The van der Waals surface area contributed by atoms with E-state index in [1.165, 1.54) is 12.7 Å². The molecule has 1 aromatic rings. The summed E-state index contributed by atoms with van der Waals surface area (Å²) in [6, 6.07) is 3.95. The lowest BCUT2D eigenvalue weighted by Gasteiger charge is -2.10. The zero-order valence-corrected chi connectivity index (χ0v) is 12.2. The maximum absolute atomic E-state index is 11.2. The van der Waals surface area contributed by atoms with Gasteiger partial charge in [0, 0.05) is 29.3 Å². The number of carbonyl (C=O) groups excluding carboxylic acids is 1. The third kappa shape index (κ3) is 2.42. The van der Waals surface area contributed by atoms with Crippen molar-refractivity contribution in [3.8, 4) is 5.75 Å². The van der Waals surface area contributed by atoms with Crippen molar-refractivity contribution in [3.05, 3.63) is 40.4 Å². The van der Waals surface area contributed by atoms with Gasteiger partial charge in [-0.3, -0.25) is 4.79 Å². The number of fused-ring (bicyclic) bond motifs is 3. The van der Waals surface area contributed by atoms with Crippen LogP contribution in [0.5, 0.6) is 5.75 Å². The average Bonchev–Trinajstić information content (AvgIpc) is 3.00. The summed E-state index contributed by atoms with van der Waals surface area (Å²) in [6.45, 7) is 0. The van der Waals surface area contributed by atoms with Gasteiger partial charge in [-0.1, -0.05) is 23.8 Å². The second kappa shape index (κ2) is 5.49. The average molecular weight is 293 g/mol. The normalized spacial score (nSPS) is 22.3. The lowest BCUT2D eigenvalue weighted by Crippen LogP contribution is -2.11. The van der Waals surface area contributed by atoms with Crippen LogP contribution >= 0.6 is 11.6 Å². The first kappa shape index (κ1) is 13.5. The van der Waals surface area contributed by atoms with Crippen LogP contribution in [0.15, 0.2) is 24.3 Å². The molecule has 0 aromatic heterocycles. The van der Waals surface area contributed by atoms with Gasteiger partial charge in [-0.2, -0.15) is 0 Å². The minimum absolute atomic E-state index is 0.176. The first-order valence-electron chi connectivity index (χ1n) is 6.91. The number of aryl methyl sites for hydroxylation is 1. The SMILES string of the molecule is COC(=O)CCCc1cc(Cl)cc2c1OC1CC=CC21. The third-order valence-corrected chi connectivity index (χ3v) is 4.17. The van der Waals surface area contributed by atoms with Crippen LogP contribution in [0.3, 0.4) is 0 Å². The lowest BCUT2D eigenvalue weighted by atomic mass is 9.95. The van der Waals surface area contributed by atoms with Crippen LogP contribution < -0.4 is 4.74 Å². The zero-order chi connectivity index (χ0) is 14.1. The number of carbonyl (C=O) groups is 1. The van der Waals surface area contributed by atoms with Crippen molar-refractivity contribution in [2.24, 2.45) is 0 Å². The molecule has 1 aromatic carbocycles. The Morgan fingerprint density at radius 1 is 1.50 bits per heavy atom. The Bertz CT molecular complexity index is 565. The first-order chi connectivity index (χ1) is 9.69. The summed E-state index contributed by atoms with van der Waals surface area (Å²) in [5.41, 5.74) is 2.28. The van der Waals surface area contributed by atoms with Crippen LogP contribution in [-0.4, -0.2) is 19.2 Å². The summed E-state index contributed by atoms with van der Waals surface area (Å²) in [6.07, 6.45) is 7.49. The molecular formula is C16H17ClO3. The topological polar surface area (TPSA) is 35.5 Å². The fraction of sp³-hybridized carbons (Fsp3) is 0.438. The number of benzene rings is 1. The van der Waals surface area contributed by atoms with Gasteiger partial charge in [0.2, 0.25) is 0 Å². The number of hydrogen-bond acceptors (Lipinski definition) is 3. The van der Waals surface area contributed by atoms with E-state index in [0.29, 0.717) is 12.3 Å². The van der Waals surface area contributed by atoms with Crippen molar-refractivity contribution in [2.45, 2.75) is 37.7 Å². The van der Waals surface area contributed by atoms with Gasteiger partial charge in [0.05, 0.1) is 7.11 Å². The van der Waals surface area contributed by atoms with Gasteiger partial charge in [-0.15, -0.1) is 0 Å². The molecule has 0 saturated carbocycles. The van der Waals surface area contributed by atoms with Crippen molar-refractivity contribution >= 4 is 17.6 Å². The third-order valence-electron chi connectivity index (χ3n) is 3.95. The minimum Gasteiger partial charge on any atom is -0.489 e. The van der Waals surface area contributed by atoms with Crippen molar-refractivity contribution in [1.29, 1.82) is 0 Å². The fourth-order valence-electron chi connectivity index (χ4n) is 2.98. The Hall–Kier alpha value is -1.48. The maximum atomic E-state index is 11.2. The monoisotopic (exact) mass is 292 g/mol. The molecule has 2 unspecified atom stereocenters. The second-order valence-corrected chi connectivity index (χ2v) is 5.70. The molecule has 1 aliphatic heterocycles. The largest absolute Gasteiger partial charge is 0.489 e. The molecule has 4 heteroatoms. The van der Waals surface area contributed by atoms with Crippen molar-refractivity contribution in [3.63, 3.8) is 0 Å². The van der Waals surface area contributed by atoms with Gasteiger partial charge in [-0.05, 0) is 30.5 Å². The van der Waals surface area contributed by atoms with Crippen LogP contribution in [0, 0.1) is 0 Å². The van der Waals surface area contributed by atoms with Crippen LogP contribution in [0.25, 0.3) is 0 Å². The molecule has 2 aliphatic rings. The molecule has 0 bridgehead atoms. The van der Waals surface area contributed by atoms with Gasteiger partial charge in [-0.25, -0.2) is 0 Å². The number of halogens is 1. The Labute approximate surface area is 123 Å². The van der Waals surface area contributed by atoms with Gasteiger partial charge >= 0.3 is 5.97 Å². The summed E-state index contributed by atoms with van der Waals surface area (Å²) in [7, 11) is 1.41. The highest BCUT2D eigenvalue weighted by Gasteiger charge is 2.36. The van der Waals surface area contributed by atoms with E-state index in [4.69, 9.17) is 16.3 Å². The summed E-state index contributed by atoms with van der Waals surface area (Å²) < 4.78 is 10.7. The second-order valence-electron chi connectivity index (χ2n) is 5.26. The van der Waals surface area contributed by atoms with Crippen LogP contribution in [0.1, 0.15) is 36.3 Å². The molecule has 1 heterocycles. The molecular weight excluding hydrogens is 276 g/mol. The van der Waals surface area contributed by atoms with E-state index in [-0.39, 0.29) is 12.1 Å². The number of ether oxygens (including phenoxy) is 2. The van der Waals surface area contributed by atoms with E-state index >= 15 is 0 Å². The minimum atomic E-state index is -0.176. The lowest BCUT2D eigenvalue weighted by molar-refractivity contribution is -0.140. The molecule has 1 aliphatic carbocycles. The fourth-order valence-corrected chi connectivity index (χ4v) is 3.23. The molecule has 3 nitrogen and oxygen atoms in total. The Balaban J connectivity index is 1.79.